The predicted octanol–water partition coefficient (Wildman–Crippen LogP) is 0.838. The van der Waals surface area contributed by atoms with Crippen LogP contribution in [0.25, 0.3) is 0 Å². The first-order valence-corrected chi connectivity index (χ1v) is 7.86. The summed E-state index contributed by atoms with van der Waals surface area (Å²) >= 11 is 0. The monoisotopic (exact) mass is 315 g/mol. The van der Waals surface area contributed by atoms with E-state index in [1.54, 1.807) is 7.05 Å². The summed E-state index contributed by atoms with van der Waals surface area (Å²) < 4.78 is 3.36. The van der Waals surface area contributed by atoms with Crippen molar-refractivity contribution in [2.24, 2.45) is 13.0 Å². The average Bonchev–Trinajstić information content (AvgIpc) is 2.95. The average molecular weight is 315 g/mol. The van der Waals surface area contributed by atoms with Crippen molar-refractivity contribution in [2.75, 3.05) is 13.1 Å². The minimum absolute atomic E-state index is 0.0992. The maximum Gasteiger partial charge on any atom is 0.274 e. The van der Waals surface area contributed by atoms with Gasteiger partial charge < -0.3 is 9.47 Å². The lowest BCUT2D eigenvalue weighted by atomic mass is 9.96. The van der Waals surface area contributed by atoms with Crippen LogP contribution in [0.2, 0.25) is 0 Å². The molecule has 0 spiro atoms. The SMILES string of the molecule is Cc1nccn1CC1CCN(C(=O)c2ccc(=O)n(C)n2)CC1. The maximum atomic E-state index is 12.5. The van der Waals surface area contributed by atoms with Gasteiger partial charge in [0, 0.05) is 45.1 Å². The molecular formula is C16H21N5O2. The van der Waals surface area contributed by atoms with Gasteiger partial charge in [-0.2, -0.15) is 5.10 Å². The molecule has 0 bridgehead atoms. The highest BCUT2D eigenvalue weighted by molar-refractivity contribution is 5.92. The third-order valence-electron chi connectivity index (χ3n) is 4.46. The molecule has 0 aliphatic carbocycles. The summed E-state index contributed by atoms with van der Waals surface area (Å²) in [7, 11) is 1.55. The lowest BCUT2D eigenvalue weighted by Crippen LogP contribution is -2.40. The van der Waals surface area contributed by atoms with Crippen molar-refractivity contribution < 1.29 is 4.79 Å². The highest BCUT2D eigenvalue weighted by Crippen LogP contribution is 2.20. The van der Waals surface area contributed by atoms with Crippen LogP contribution >= 0.6 is 0 Å². The van der Waals surface area contributed by atoms with Crippen molar-refractivity contribution in [1.82, 2.24) is 24.2 Å². The molecule has 0 N–H and O–H groups in total. The zero-order valence-electron chi connectivity index (χ0n) is 13.5. The predicted molar refractivity (Wildman–Crippen MR) is 85.1 cm³/mol. The van der Waals surface area contributed by atoms with Gasteiger partial charge in [0.15, 0.2) is 0 Å². The molecule has 2 aromatic rings. The Labute approximate surface area is 134 Å². The Balaban J connectivity index is 1.60. The van der Waals surface area contributed by atoms with E-state index in [4.69, 9.17) is 0 Å². The van der Waals surface area contributed by atoms with Crippen molar-refractivity contribution in [3.05, 3.63) is 46.4 Å². The second-order valence-corrected chi connectivity index (χ2v) is 6.04. The fraction of sp³-hybridized carbons (Fsp3) is 0.500. The molecule has 0 atom stereocenters. The van der Waals surface area contributed by atoms with E-state index in [1.807, 2.05) is 24.2 Å². The number of amides is 1. The summed E-state index contributed by atoms with van der Waals surface area (Å²) in [5.74, 6) is 1.48. The number of aromatic nitrogens is 4. The smallest absolute Gasteiger partial charge is 0.274 e. The number of nitrogens with zero attached hydrogens (tertiary/aromatic N) is 5. The van der Waals surface area contributed by atoms with Crippen LogP contribution in [0.5, 0.6) is 0 Å². The molecule has 7 nitrogen and oxygen atoms in total. The Bertz CT molecular complexity index is 756. The number of carbonyl (C=O) groups is 1. The number of imidazole rings is 1. The molecule has 7 heteroatoms. The van der Waals surface area contributed by atoms with Crippen molar-refractivity contribution >= 4 is 5.91 Å². The third kappa shape index (κ3) is 3.33. The third-order valence-corrected chi connectivity index (χ3v) is 4.46. The zero-order valence-corrected chi connectivity index (χ0v) is 13.5. The van der Waals surface area contributed by atoms with E-state index in [0.29, 0.717) is 11.6 Å². The summed E-state index contributed by atoms with van der Waals surface area (Å²) in [6, 6.07) is 2.89. The molecule has 1 fully saturated rings. The van der Waals surface area contributed by atoms with Gasteiger partial charge in [0.05, 0.1) is 0 Å². The van der Waals surface area contributed by atoms with E-state index in [9.17, 15) is 9.59 Å². The molecule has 0 saturated carbocycles. The molecule has 0 radical (unpaired) electrons. The van der Waals surface area contributed by atoms with Crippen LogP contribution in [-0.4, -0.2) is 43.2 Å². The van der Waals surface area contributed by atoms with Crippen LogP contribution in [0.15, 0.2) is 29.3 Å². The standard InChI is InChI=1S/C16H21N5O2/c1-12-17-7-10-21(12)11-13-5-8-20(9-6-13)16(23)14-3-4-15(22)19(2)18-14/h3-4,7,10,13H,5-6,8-9,11H2,1-2H3. The first-order valence-electron chi connectivity index (χ1n) is 7.86. The maximum absolute atomic E-state index is 12.5. The minimum Gasteiger partial charge on any atom is -0.337 e. The Hall–Kier alpha value is -2.44. The highest BCUT2D eigenvalue weighted by Gasteiger charge is 2.25. The van der Waals surface area contributed by atoms with Crippen molar-refractivity contribution in [3.63, 3.8) is 0 Å². The van der Waals surface area contributed by atoms with Crippen LogP contribution < -0.4 is 5.56 Å². The van der Waals surface area contributed by atoms with Gasteiger partial charge in [0.2, 0.25) is 0 Å². The Morgan fingerprint density at radius 2 is 2.04 bits per heavy atom. The molecule has 0 aromatic carbocycles. The van der Waals surface area contributed by atoms with Crippen LogP contribution in [-0.2, 0) is 13.6 Å². The first-order chi connectivity index (χ1) is 11.0. The van der Waals surface area contributed by atoms with Gasteiger partial charge in [-0.1, -0.05) is 0 Å². The number of hydrogen-bond donors (Lipinski definition) is 0. The molecule has 1 amide bonds. The van der Waals surface area contributed by atoms with E-state index < -0.39 is 0 Å². The first kappa shape index (κ1) is 15.5. The minimum atomic E-state index is -0.212. The van der Waals surface area contributed by atoms with Crippen molar-refractivity contribution in [1.29, 1.82) is 0 Å². The quantitative estimate of drug-likeness (QED) is 0.841. The second-order valence-electron chi connectivity index (χ2n) is 6.04. The number of likely N-dealkylation sites (tertiary alicyclic amines) is 1. The molecular weight excluding hydrogens is 294 g/mol. The summed E-state index contributed by atoms with van der Waals surface area (Å²) in [6.07, 6.45) is 5.75. The van der Waals surface area contributed by atoms with Gasteiger partial charge >= 0.3 is 0 Å². The van der Waals surface area contributed by atoms with Gasteiger partial charge in [-0.3, -0.25) is 9.59 Å². The van der Waals surface area contributed by atoms with E-state index >= 15 is 0 Å². The van der Waals surface area contributed by atoms with Crippen LogP contribution in [0, 0.1) is 12.8 Å². The fourth-order valence-corrected chi connectivity index (χ4v) is 2.97. The largest absolute Gasteiger partial charge is 0.337 e. The Kier molecular flexibility index (Phi) is 4.27. The van der Waals surface area contributed by atoms with Crippen LogP contribution in [0.3, 0.4) is 0 Å². The molecule has 1 saturated heterocycles. The van der Waals surface area contributed by atoms with Crippen molar-refractivity contribution in [3.8, 4) is 0 Å². The number of rotatable bonds is 3. The number of piperidine rings is 1. The number of carbonyl (C=O) groups excluding carboxylic acids is 1. The number of aryl methyl sites for hydroxylation is 2. The lowest BCUT2D eigenvalue weighted by Gasteiger charge is -2.32. The molecule has 122 valence electrons. The Morgan fingerprint density at radius 1 is 1.30 bits per heavy atom. The zero-order chi connectivity index (χ0) is 16.4. The molecule has 1 aliphatic heterocycles. The lowest BCUT2D eigenvalue weighted by molar-refractivity contribution is 0.0674. The van der Waals surface area contributed by atoms with Crippen LogP contribution in [0.4, 0.5) is 0 Å². The topological polar surface area (TPSA) is 73.0 Å². The molecule has 2 aromatic heterocycles. The molecule has 3 rings (SSSR count). The van der Waals surface area contributed by atoms with E-state index in [2.05, 4.69) is 14.6 Å². The molecule has 23 heavy (non-hydrogen) atoms. The van der Waals surface area contributed by atoms with Gasteiger partial charge in [0.25, 0.3) is 11.5 Å². The van der Waals surface area contributed by atoms with Gasteiger partial charge in [-0.25, -0.2) is 9.67 Å². The summed E-state index contributed by atoms with van der Waals surface area (Å²) in [6.45, 7) is 4.40. The molecule has 0 unspecified atom stereocenters. The summed E-state index contributed by atoms with van der Waals surface area (Å²) in [4.78, 5) is 29.9. The van der Waals surface area contributed by atoms with Gasteiger partial charge in [0.1, 0.15) is 11.5 Å². The summed E-state index contributed by atoms with van der Waals surface area (Å²) in [5.41, 5.74) is 0.118. The highest BCUT2D eigenvalue weighted by atomic mass is 16.2. The normalized spacial score (nSPS) is 15.8. The Morgan fingerprint density at radius 3 is 2.65 bits per heavy atom. The molecule has 1 aliphatic rings. The van der Waals surface area contributed by atoms with Gasteiger partial charge in [-0.05, 0) is 31.7 Å². The van der Waals surface area contributed by atoms with Gasteiger partial charge in [-0.15, -0.1) is 0 Å². The number of hydrogen-bond acceptors (Lipinski definition) is 4. The van der Waals surface area contributed by atoms with E-state index in [0.717, 1.165) is 38.3 Å². The van der Waals surface area contributed by atoms with Crippen molar-refractivity contribution in [2.45, 2.75) is 26.3 Å². The van der Waals surface area contributed by atoms with E-state index in [1.165, 1.54) is 16.8 Å². The molecule has 3 heterocycles. The fourth-order valence-electron chi connectivity index (χ4n) is 2.97. The second kappa shape index (κ2) is 6.36. The van der Waals surface area contributed by atoms with E-state index in [-0.39, 0.29) is 11.5 Å². The summed E-state index contributed by atoms with van der Waals surface area (Å²) in [5, 5.41) is 4.04. The van der Waals surface area contributed by atoms with Crippen LogP contribution in [0.1, 0.15) is 29.2 Å².